The molecule has 0 saturated carbocycles. The number of sulfone groups is 2. The van der Waals surface area contributed by atoms with Crippen molar-refractivity contribution in [1.82, 2.24) is 15.0 Å². The molecule has 26 heavy (non-hydrogen) atoms. The summed E-state index contributed by atoms with van der Waals surface area (Å²) in [7, 11) is -8.46. The highest BCUT2D eigenvalue weighted by atomic mass is 80.0. The summed E-state index contributed by atoms with van der Waals surface area (Å²) < 4.78 is 49.9. The van der Waals surface area contributed by atoms with Gasteiger partial charge in [0.15, 0.2) is 3.07 Å². The molecule has 0 aliphatic rings. The average molecular weight is 947 g/mol. The van der Waals surface area contributed by atoms with E-state index < -0.39 is 42.0 Å². The molecular weight excluding hydrogens is 946 g/mol. The van der Waals surface area contributed by atoms with E-state index >= 15 is 0 Å². The first kappa shape index (κ1) is 27.1. The molecule has 1 aromatic rings. The minimum Gasteiger partial charge on any atom is -0.218 e. The van der Waals surface area contributed by atoms with Crippen LogP contribution in [0.5, 0.6) is 0 Å². The molecule has 150 valence electrons. The Morgan fingerprint density at radius 3 is 1.81 bits per heavy atom. The second-order valence-corrected chi connectivity index (χ2v) is 27.3. The van der Waals surface area contributed by atoms with Crippen molar-refractivity contribution in [1.29, 1.82) is 0 Å². The molecular formula is C6HBr8N3O6S3. The van der Waals surface area contributed by atoms with Crippen LogP contribution in [-0.4, -0.2) is 38.7 Å². The first-order valence-electron chi connectivity index (χ1n) is 5.17. The van der Waals surface area contributed by atoms with Crippen molar-refractivity contribution >= 4 is 159 Å². The summed E-state index contributed by atoms with van der Waals surface area (Å²) in [6.45, 7) is 0. The number of hydrogen-bond acceptors (Lipinski definition) is 10. The van der Waals surface area contributed by atoms with Crippen molar-refractivity contribution in [2.24, 2.45) is 0 Å². The zero-order valence-electron chi connectivity index (χ0n) is 11.1. The Morgan fingerprint density at radius 2 is 1.38 bits per heavy atom. The Balaban J connectivity index is 3.46. The van der Waals surface area contributed by atoms with Gasteiger partial charge in [-0.3, -0.25) is 0 Å². The Bertz CT molecular complexity index is 867. The van der Waals surface area contributed by atoms with Crippen molar-refractivity contribution in [3.05, 3.63) is 0 Å². The smallest absolute Gasteiger partial charge is 0.218 e. The van der Waals surface area contributed by atoms with Gasteiger partial charge in [-0.15, -0.1) is 0 Å². The molecule has 0 radical (unpaired) electrons. The second kappa shape index (κ2) is 10.1. The fourth-order valence-electron chi connectivity index (χ4n) is 0.874. The van der Waals surface area contributed by atoms with E-state index in [9.17, 15) is 16.8 Å². The standard InChI is InChI=1S/C6HBr8N3O6S3/c7-1(8)25(18,19)3-15-2(24-23-22-5(9,10)11)16-4(17-3)26(20,21)6(12,13)14/h1H. The van der Waals surface area contributed by atoms with Crippen LogP contribution in [0.25, 0.3) is 0 Å². The summed E-state index contributed by atoms with van der Waals surface area (Å²) >= 11 is 23.5. The summed E-state index contributed by atoms with van der Waals surface area (Å²) in [6.07, 6.45) is 0. The van der Waals surface area contributed by atoms with Crippen molar-refractivity contribution in [3.63, 3.8) is 0 Å². The third-order valence-electron chi connectivity index (χ3n) is 1.85. The molecule has 0 aliphatic heterocycles. The lowest BCUT2D eigenvalue weighted by Gasteiger charge is -2.14. The summed E-state index contributed by atoms with van der Waals surface area (Å²) in [5.41, 5.74) is 0. The largest absolute Gasteiger partial charge is 0.266 e. The predicted molar refractivity (Wildman–Crippen MR) is 123 cm³/mol. The van der Waals surface area contributed by atoms with Gasteiger partial charge in [0, 0.05) is 0 Å². The first-order chi connectivity index (χ1) is 11.5. The Morgan fingerprint density at radius 1 is 0.885 bits per heavy atom. The van der Waals surface area contributed by atoms with Gasteiger partial charge in [-0.05, 0) is 95.6 Å². The van der Waals surface area contributed by atoms with E-state index in [2.05, 4.69) is 142 Å². The number of hydrogen-bond donors (Lipinski definition) is 0. The molecule has 20 heteroatoms. The van der Waals surface area contributed by atoms with E-state index in [0.717, 1.165) is 0 Å². The van der Waals surface area contributed by atoms with E-state index in [-0.39, 0.29) is 0 Å². The molecule has 0 fully saturated rings. The SMILES string of the molecule is O=S(=O)(c1nc(SOOC(Br)(Br)Br)nc(S(=O)(=O)C(Br)(Br)Br)n1)C(Br)Br. The molecule has 1 heterocycles. The molecule has 0 N–H and O–H groups in total. The van der Waals surface area contributed by atoms with Crippen LogP contribution in [0, 0.1) is 0 Å². The van der Waals surface area contributed by atoms with Crippen molar-refractivity contribution in [2.75, 3.05) is 0 Å². The Kier molecular flexibility index (Phi) is 10.5. The van der Waals surface area contributed by atoms with Crippen LogP contribution in [0.4, 0.5) is 0 Å². The van der Waals surface area contributed by atoms with Gasteiger partial charge in [0.25, 0.3) is 12.6 Å². The van der Waals surface area contributed by atoms with Crippen molar-refractivity contribution in [2.45, 2.75) is 22.3 Å². The third kappa shape index (κ3) is 7.61. The molecule has 0 aromatic carbocycles. The molecule has 1 aromatic heterocycles. The number of alkyl halides is 8. The minimum atomic E-state index is -4.31. The van der Waals surface area contributed by atoms with E-state index in [1.54, 1.807) is 0 Å². The van der Waals surface area contributed by atoms with E-state index in [4.69, 9.17) is 9.22 Å². The van der Waals surface area contributed by atoms with Gasteiger partial charge >= 0.3 is 0 Å². The maximum Gasteiger partial charge on any atom is 0.266 e. The van der Waals surface area contributed by atoms with E-state index in [0.29, 0.717) is 12.0 Å². The molecule has 0 saturated heterocycles. The zero-order valence-corrected chi connectivity index (χ0v) is 26.3. The summed E-state index contributed by atoms with van der Waals surface area (Å²) in [6, 6.07) is 0. The van der Waals surface area contributed by atoms with Crippen LogP contribution in [0.2, 0.25) is 0 Å². The summed E-state index contributed by atoms with van der Waals surface area (Å²) in [5, 5.41) is -2.05. The number of nitrogens with zero attached hydrogens (tertiary/aromatic N) is 3. The monoisotopic (exact) mass is 938 g/mol. The van der Waals surface area contributed by atoms with Crippen LogP contribution in [-0.2, 0) is 28.9 Å². The van der Waals surface area contributed by atoms with Gasteiger partial charge in [0.05, 0.1) is 0 Å². The average Bonchev–Trinajstić information content (AvgIpc) is 2.44. The second-order valence-electron chi connectivity index (χ2n) is 3.62. The summed E-state index contributed by atoms with van der Waals surface area (Å²) in [4.78, 5) is 15.7. The van der Waals surface area contributed by atoms with Crippen LogP contribution in [0.3, 0.4) is 0 Å². The third-order valence-corrected chi connectivity index (χ3v) is 11.9. The molecule has 0 atom stereocenters. The van der Waals surface area contributed by atoms with Crippen molar-refractivity contribution in [3.8, 4) is 0 Å². The van der Waals surface area contributed by atoms with Crippen LogP contribution in [0.15, 0.2) is 15.5 Å². The van der Waals surface area contributed by atoms with E-state index in [1.165, 1.54) is 0 Å². The van der Waals surface area contributed by atoms with Crippen LogP contribution in [0.1, 0.15) is 0 Å². The fraction of sp³-hybridized carbons (Fsp3) is 0.500. The highest BCUT2D eigenvalue weighted by Crippen LogP contribution is 2.43. The number of rotatable bonds is 6. The quantitative estimate of drug-likeness (QED) is 0.166. The summed E-state index contributed by atoms with van der Waals surface area (Å²) in [5.74, 6) is 0. The predicted octanol–water partition coefficient (Wildman–Crippen LogP) is 5.04. The maximum atomic E-state index is 12.5. The highest BCUT2D eigenvalue weighted by Gasteiger charge is 2.41. The highest BCUT2D eigenvalue weighted by molar-refractivity contribution is 9.42. The van der Waals surface area contributed by atoms with Gasteiger partial charge in [0.2, 0.25) is 26.3 Å². The zero-order chi connectivity index (χ0) is 20.6. The van der Waals surface area contributed by atoms with Gasteiger partial charge in [-0.2, -0.15) is 24.2 Å². The fourth-order valence-corrected chi connectivity index (χ4v) is 5.47. The lowest BCUT2D eigenvalue weighted by atomic mass is 11.1. The lowest BCUT2D eigenvalue weighted by Crippen LogP contribution is -2.23. The normalized spacial score (nSPS) is 14.0. The van der Waals surface area contributed by atoms with Gasteiger partial charge < -0.3 is 0 Å². The maximum absolute atomic E-state index is 12.5. The first-order valence-corrected chi connectivity index (χ1v) is 15.5. The van der Waals surface area contributed by atoms with Crippen LogP contribution >= 0.6 is 139 Å². The number of aromatic nitrogens is 3. The van der Waals surface area contributed by atoms with Crippen molar-refractivity contribution < 1.29 is 26.1 Å². The Labute approximate surface area is 219 Å². The topological polar surface area (TPSA) is 125 Å². The molecule has 0 aliphatic carbocycles. The minimum absolute atomic E-state index is 0.350. The van der Waals surface area contributed by atoms with Gasteiger partial charge in [-0.1, -0.05) is 31.9 Å². The molecule has 0 spiro atoms. The van der Waals surface area contributed by atoms with Crippen LogP contribution < -0.4 is 0 Å². The van der Waals surface area contributed by atoms with E-state index in [1.807, 2.05) is 0 Å². The molecule has 9 nitrogen and oxygen atoms in total. The number of halogens is 8. The molecule has 1 rings (SSSR count). The van der Waals surface area contributed by atoms with Gasteiger partial charge in [0.1, 0.15) is 12.0 Å². The molecule has 0 unspecified atom stereocenters. The Hall–Kier alpha value is 3.02. The lowest BCUT2D eigenvalue weighted by molar-refractivity contribution is -0.184. The van der Waals surface area contributed by atoms with Gasteiger partial charge in [-0.25, -0.2) is 16.8 Å². The molecule has 0 bridgehead atoms. The molecule has 0 amide bonds.